The van der Waals surface area contributed by atoms with Gasteiger partial charge < -0.3 is 4.57 Å². The molecule has 0 unspecified atom stereocenters. The first-order chi connectivity index (χ1) is 10.3. The summed E-state index contributed by atoms with van der Waals surface area (Å²) in [7, 11) is 0. The second kappa shape index (κ2) is 6.16. The second-order valence-electron chi connectivity index (χ2n) is 5.26. The van der Waals surface area contributed by atoms with Gasteiger partial charge in [-0.15, -0.1) is 22.7 Å². The van der Waals surface area contributed by atoms with Crippen LogP contribution in [0.5, 0.6) is 0 Å². The summed E-state index contributed by atoms with van der Waals surface area (Å²) in [5, 5.41) is 0. The van der Waals surface area contributed by atoms with Crippen LogP contribution in [0.25, 0.3) is 26.5 Å². The molecule has 3 aromatic rings. The molecule has 4 heteroatoms. The molecule has 0 N–H and O–H groups in total. The minimum Gasteiger partial charge on any atom is -0.339 e. The third-order valence-corrected chi connectivity index (χ3v) is 6.14. The fraction of sp³-hybridized carbons (Fsp3) is 0.353. The molecule has 3 heterocycles. The van der Waals surface area contributed by atoms with Gasteiger partial charge in [-0.1, -0.05) is 38.8 Å². The second-order valence-corrected chi connectivity index (χ2v) is 7.43. The fourth-order valence-electron chi connectivity index (χ4n) is 2.75. The van der Waals surface area contributed by atoms with Crippen LogP contribution < -0.4 is 0 Å². The lowest BCUT2D eigenvalue weighted by Crippen LogP contribution is -1.96. The molecule has 0 atom stereocenters. The summed E-state index contributed by atoms with van der Waals surface area (Å²) in [4.78, 5) is 13.1. The average molecular weight is 317 g/mol. The van der Waals surface area contributed by atoms with Gasteiger partial charge >= 0.3 is 0 Å². The molecule has 0 spiro atoms. The lowest BCUT2D eigenvalue weighted by atomic mass is 10.2. The predicted octanol–water partition coefficient (Wildman–Crippen LogP) is 5.95. The largest absolute Gasteiger partial charge is 0.339 e. The number of hydrogen-bond acceptors (Lipinski definition) is 3. The molecule has 110 valence electrons. The molecule has 0 fully saturated rings. The highest BCUT2D eigenvalue weighted by Gasteiger charge is 2.16. The van der Waals surface area contributed by atoms with Crippen LogP contribution in [0, 0.1) is 0 Å². The summed E-state index contributed by atoms with van der Waals surface area (Å²) < 4.78 is 4.93. The molecule has 0 bridgehead atoms. The topological polar surface area (TPSA) is 22.0 Å². The number of aromatic nitrogens is 1. The van der Waals surface area contributed by atoms with Crippen molar-refractivity contribution >= 4 is 55.5 Å². The number of carbonyl (C=O) groups excluding carboxylic acids is 1. The maximum Gasteiger partial charge on any atom is 0.160 e. The highest BCUT2D eigenvalue weighted by atomic mass is 32.1. The Morgan fingerprint density at radius 2 is 1.76 bits per heavy atom. The van der Waals surface area contributed by atoms with Crippen LogP contribution in [0.3, 0.4) is 0 Å². The van der Waals surface area contributed by atoms with Crippen molar-refractivity contribution in [3.63, 3.8) is 0 Å². The summed E-state index contributed by atoms with van der Waals surface area (Å²) in [6.45, 7) is 7.13. The maximum absolute atomic E-state index is 11.1. The van der Waals surface area contributed by atoms with E-state index in [2.05, 4.69) is 24.1 Å². The van der Waals surface area contributed by atoms with Gasteiger partial charge in [0, 0.05) is 11.4 Å². The van der Waals surface area contributed by atoms with Crippen molar-refractivity contribution in [2.24, 2.45) is 0 Å². The van der Waals surface area contributed by atoms with Crippen LogP contribution in [0.4, 0.5) is 0 Å². The van der Waals surface area contributed by atoms with Crippen LogP contribution in [0.15, 0.2) is 18.7 Å². The number of aldehydes is 1. The minimum absolute atomic E-state index is 0.817. The molecular weight excluding hydrogens is 298 g/mol. The van der Waals surface area contributed by atoms with E-state index in [9.17, 15) is 4.79 Å². The number of hydrogen-bond donors (Lipinski definition) is 0. The first kappa shape index (κ1) is 14.5. The van der Waals surface area contributed by atoms with E-state index in [1.165, 1.54) is 51.0 Å². The van der Waals surface area contributed by atoms with E-state index in [1.54, 1.807) is 22.7 Å². The zero-order valence-corrected chi connectivity index (χ0v) is 13.9. The van der Waals surface area contributed by atoms with Gasteiger partial charge in [-0.3, -0.25) is 4.79 Å². The van der Waals surface area contributed by atoms with Crippen molar-refractivity contribution < 1.29 is 4.79 Å². The summed E-state index contributed by atoms with van der Waals surface area (Å²) >= 11 is 3.37. The summed E-state index contributed by atoms with van der Waals surface area (Å²) in [6.07, 6.45) is 7.87. The van der Waals surface area contributed by atoms with Crippen molar-refractivity contribution in [2.75, 3.05) is 0 Å². The van der Waals surface area contributed by atoms with Crippen molar-refractivity contribution in [2.45, 2.75) is 39.2 Å². The van der Waals surface area contributed by atoms with Crippen LogP contribution in [-0.2, 0) is 6.54 Å². The number of fused-ring (bicyclic) bond motifs is 3. The van der Waals surface area contributed by atoms with E-state index in [4.69, 9.17) is 0 Å². The summed E-state index contributed by atoms with van der Waals surface area (Å²) in [5.41, 5.74) is 2.51. The van der Waals surface area contributed by atoms with Crippen molar-refractivity contribution in [3.8, 4) is 0 Å². The summed E-state index contributed by atoms with van der Waals surface area (Å²) in [5.74, 6) is 0. The van der Waals surface area contributed by atoms with Gasteiger partial charge in [0.05, 0.1) is 25.3 Å². The smallest absolute Gasteiger partial charge is 0.160 e. The quantitative estimate of drug-likeness (QED) is 0.389. The zero-order chi connectivity index (χ0) is 14.8. The predicted molar refractivity (Wildman–Crippen MR) is 94.8 cm³/mol. The Morgan fingerprint density at radius 1 is 1.10 bits per heavy atom. The van der Waals surface area contributed by atoms with E-state index in [0.717, 1.165) is 17.7 Å². The molecule has 2 nitrogen and oxygen atoms in total. The Balaban J connectivity index is 2.06. The maximum atomic E-state index is 11.1. The Hall–Kier alpha value is -1.39. The first-order valence-electron chi connectivity index (χ1n) is 7.41. The third kappa shape index (κ3) is 2.58. The molecule has 21 heavy (non-hydrogen) atoms. The van der Waals surface area contributed by atoms with E-state index in [1.807, 2.05) is 12.1 Å². The number of unbranched alkanes of at least 4 members (excludes halogenated alkanes) is 3. The van der Waals surface area contributed by atoms with Crippen LogP contribution in [-0.4, -0.2) is 10.9 Å². The van der Waals surface area contributed by atoms with Gasteiger partial charge in [0.1, 0.15) is 0 Å². The first-order valence-corrected chi connectivity index (χ1v) is 9.05. The highest BCUT2D eigenvalue weighted by Crippen LogP contribution is 2.40. The Morgan fingerprint density at radius 3 is 2.38 bits per heavy atom. The van der Waals surface area contributed by atoms with Gasteiger partial charge in [-0.25, -0.2) is 0 Å². The third-order valence-electron chi connectivity index (χ3n) is 3.80. The molecule has 0 amide bonds. The van der Waals surface area contributed by atoms with Gasteiger partial charge in [0.15, 0.2) is 6.29 Å². The van der Waals surface area contributed by atoms with Crippen LogP contribution in [0.1, 0.15) is 47.2 Å². The van der Waals surface area contributed by atoms with Gasteiger partial charge in [0.25, 0.3) is 0 Å². The Bertz CT molecular complexity index is 731. The summed E-state index contributed by atoms with van der Waals surface area (Å²) in [6, 6.07) is 4.26. The number of nitrogens with zero attached hydrogens (tertiary/aromatic N) is 1. The SMILES string of the molecule is C=Cc1cc2c(s1)c1sc(C=O)cc1n2CCCCCC. The molecular formula is C17H19NOS2. The molecule has 0 saturated heterocycles. The number of carbonyl (C=O) groups is 1. The molecule has 0 saturated carbocycles. The molecule has 0 radical (unpaired) electrons. The van der Waals surface area contributed by atoms with E-state index in [-0.39, 0.29) is 0 Å². The molecule has 3 rings (SSSR count). The lowest BCUT2D eigenvalue weighted by molar-refractivity contribution is 0.112. The highest BCUT2D eigenvalue weighted by molar-refractivity contribution is 7.28. The van der Waals surface area contributed by atoms with E-state index >= 15 is 0 Å². The van der Waals surface area contributed by atoms with Crippen LogP contribution >= 0.6 is 22.7 Å². The molecule has 0 aliphatic heterocycles. The molecule has 3 aromatic heterocycles. The van der Waals surface area contributed by atoms with Crippen molar-refractivity contribution in [1.82, 2.24) is 4.57 Å². The minimum atomic E-state index is 0.817. The number of rotatable bonds is 7. The van der Waals surface area contributed by atoms with E-state index in [0.29, 0.717) is 0 Å². The standard InChI is InChI=1S/C17H19NOS2/c1-3-5-6-7-8-18-14-9-12(4-2)20-16(14)17-15(18)10-13(11-19)21-17/h4,9-11H,2-3,5-8H2,1H3. The fourth-order valence-corrected chi connectivity index (χ4v) is 4.89. The van der Waals surface area contributed by atoms with Gasteiger partial charge in [0.2, 0.25) is 0 Å². The van der Waals surface area contributed by atoms with Gasteiger partial charge in [-0.2, -0.15) is 0 Å². The Kier molecular flexibility index (Phi) is 4.27. The normalized spacial score (nSPS) is 11.5. The molecule has 0 aromatic carbocycles. The van der Waals surface area contributed by atoms with Crippen molar-refractivity contribution in [1.29, 1.82) is 0 Å². The molecule has 0 aliphatic rings. The zero-order valence-electron chi connectivity index (χ0n) is 12.2. The number of aryl methyl sites for hydroxylation is 1. The molecule has 0 aliphatic carbocycles. The van der Waals surface area contributed by atoms with Gasteiger partial charge in [-0.05, 0) is 18.6 Å². The van der Waals surface area contributed by atoms with E-state index < -0.39 is 0 Å². The average Bonchev–Trinajstić information content (AvgIpc) is 3.15. The lowest BCUT2D eigenvalue weighted by Gasteiger charge is -2.05. The van der Waals surface area contributed by atoms with Crippen LogP contribution in [0.2, 0.25) is 0 Å². The monoisotopic (exact) mass is 317 g/mol. The Labute approximate surface area is 132 Å². The number of thiophene rings is 2. The van der Waals surface area contributed by atoms with Crippen molar-refractivity contribution in [3.05, 3.63) is 28.5 Å².